The molecule has 0 bridgehead atoms. The molecule has 0 aliphatic carbocycles. The Hall–Kier alpha value is -1.14. The molecule has 6 heteroatoms. The van der Waals surface area contributed by atoms with Crippen molar-refractivity contribution in [3.63, 3.8) is 0 Å². The molecule has 1 aromatic rings. The Morgan fingerprint density at radius 1 is 1.23 bits per heavy atom. The summed E-state index contributed by atoms with van der Waals surface area (Å²) in [6, 6.07) is 8.04. The van der Waals surface area contributed by atoms with Crippen LogP contribution in [0, 0.1) is 6.92 Å². The molecule has 0 aromatic heterocycles. The molecule has 2 aliphatic heterocycles. The maximum Gasteiger partial charge on any atom is 0.226 e. The molecule has 3 rings (SSSR count). The topological polar surface area (TPSA) is 61.8 Å². The van der Waals surface area contributed by atoms with Gasteiger partial charge >= 0.3 is 0 Å². The van der Waals surface area contributed by atoms with Gasteiger partial charge < -0.3 is 20.1 Å². The average molecular weight is 383 g/mol. The fourth-order valence-corrected chi connectivity index (χ4v) is 4.08. The van der Waals surface area contributed by atoms with Crippen LogP contribution in [0.2, 0.25) is 0 Å². The van der Waals surface area contributed by atoms with Crippen LogP contribution in [0.15, 0.2) is 24.3 Å². The summed E-state index contributed by atoms with van der Waals surface area (Å²) in [5.41, 5.74) is 1.12. The number of aryl methyl sites for hydroxylation is 1. The molecule has 1 amide bonds. The molecule has 2 N–H and O–H groups in total. The molecule has 0 saturated carbocycles. The molecule has 26 heavy (non-hydrogen) atoms. The van der Waals surface area contributed by atoms with Crippen molar-refractivity contribution in [3.8, 4) is 0 Å². The van der Waals surface area contributed by atoms with Crippen molar-refractivity contribution in [2.75, 3.05) is 33.3 Å². The van der Waals surface area contributed by atoms with Gasteiger partial charge in [0.1, 0.15) is 0 Å². The number of halogens is 1. The molecule has 1 atom stereocenters. The zero-order chi connectivity index (χ0) is 17.9. The summed E-state index contributed by atoms with van der Waals surface area (Å²) in [6.45, 7) is 4.83. The largest absolute Gasteiger partial charge is 0.388 e. The van der Waals surface area contributed by atoms with Crippen molar-refractivity contribution < 1.29 is 14.6 Å². The zero-order valence-electron chi connectivity index (χ0n) is 15.8. The number of hydrogen-bond donors (Lipinski definition) is 2. The molecule has 1 unspecified atom stereocenters. The lowest BCUT2D eigenvalue weighted by atomic mass is 9.77. The van der Waals surface area contributed by atoms with E-state index in [0.717, 1.165) is 31.5 Å². The van der Waals surface area contributed by atoms with Gasteiger partial charge in [0.05, 0.1) is 24.2 Å². The Kier molecular flexibility index (Phi) is 7.08. The lowest BCUT2D eigenvalue weighted by Crippen LogP contribution is -2.57. The van der Waals surface area contributed by atoms with Crippen molar-refractivity contribution >= 4 is 18.3 Å². The maximum atomic E-state index is 12.6. The van der Waals surface area contributed by atoms with Crippen LogP contribution in [0.25, 0.3) is 0 Å². The van der Waals surface area contributed by atoms with Crippen molar-refractivity contribution in [2.45, 2.75) is 50.2 Å². The number of likely N-dealkylation sites (N-methyl/N-ethyl adjacent to an activating group) is 1. The Morgan fingerprint density at radius 3 is 2.54 bits per heavy atom. The summed E-state index contributed by atoms with van der Waals surface area (Å²) in [6.07, 6.45) is 3.43. The van der Waals surface area contributed by atoms with Gasteiger partial charge in [-0.15, -0.1) is 12.4 Å². The van der Waals surface area contributed by atoms with Gasteiger partial charge in [-0.3, -0.25) is 4.79 Å². The van der Waals surface area contributed by atoms with E-state index in [1.165, 1.54) is 5.56 Å². The summed E-state index contributed by atoms with van der Waals surface area (Å²) in [5, 5.41) is 14.5. The van der Waals surface area contributed by atoms with E-state index in [-0.39, 0.29) is 23.9 Å². The highest BCUT2D eigenvalue weighted by atomic mass is 35.5. The number of ether oxygens (including phenoxy) is 1. The predicted molar refractivity (Wildman–Crippen MR) is 105 cm³/mol. The molecule has 2 heterocycles. The van der Waals surface area contributed by atoms with Gasteiger partial charge in [-0.05, 0) is 38.4 Å². The zero-order valence-corrected chi connectivity index (χ0v) is 16.6. The molecule has 146 valence electrons. The summed E-state index contributed by atoms with van der Waals surface area (Å²) >= 11 is 0. The molecule has 2 saturated heterocycles. The van der Waals surface area contributed by atoms with Crippen molar-refractivity contribution in [2.24, 2.45) is 0 Å². The monoisotopic (exact) mass is 382 g/mol. The fraction of sp³-hybridized carbons (Fsp3) is 0.650. The Bertz CT molecular complexity index is 596. The lowest BCUT2D eigenvalue weighted by molar-refractivity contribution is -0.177. The van der Waals surface area contributed by atoms with Crippen LogP contribution in [-0.2, 0) is 16.0 Å². The van der Waals surface area contributed by atoms with Crippen LogP contribution >= 0.6 is 12.4 Å². The number of aliphatic hydroxyl groups is 1. The lowest BCUT2D eigenvalue weighted by Gasteiger charge is -2.48. The van der Waals surface area contributed by atoms with E-state index in [1.807, 2.05) is 31.2 Å². The highest BCUT2D eigenvalue weighted by Gasteiger charge is 2.46. The van der Waals surface area contributed by atoms with E-state index in [1.54, 1.807) is 11.9 Å². The molecular formula is C20H31ClN2O3. The fourth-order valence-electron chi connectivity index (χ4n) is 4.08. The number of amides is 1. The molecule has 1 aromatic carbocycles. The Balaban J connectivity index is 0.00000243. The summed E-state index contributed by atoms with van der Waals surface area (Å²) in [4.78, 5) is 14.2. The first-order valence-electron chi connectivity index (χ1n) is 9.26. The highest BCUT2D eigenvalue weighted by Crippen LogP contribution is 2.38. The van der Waals surface area contributed by atoms with Gasteiger partial charge in [0, 0.05) is 26.4 Å². The molecular weight excluding hydrogens is 352 g/mol. The standard InChI is InChI=1S/C20H30N2O3.ClH/c1-16-3-5-17(6-4-16)13-18(23)22(2)15-19(24)9-12-25-20(14-19)7-10-21-11-8-20;/h3-6,21,24H,7-15H2,1-2H3;1H. The second-order valence-corrected chi connectivity index (χ2v) is 7.84. The van der Waals surface area contributed by atoms with Gasteiger partial charge in [0.2, 0.25) is 5.91 Å². The quantitative estimate of drug-likeness (QED) is 0.837. The average Bonchev–Trinajstić information content (AvgIpc) is 2.57. The van der Waals surface area contributed by atoms with Gasteiger partial charge in [-0.1, -0.05) is 29.8 Å². The molecule has 0 radical (unpaired) electrons. The third-order valence-electron chi connectivity index (χ3n) is 5.57. The number of hydrogen-bond acceptors (Lipinski definition) is 4. The first-order chi connectivity index (χ1) is 11.9. The van der Waals surface area contributed by atoms with Crippen LogP contribution in [0.1, 0.15) is 36.8 Å². The summed E-state index contributed by atoms with van der Waals surface area (Å²) in [7, 11) is 1.79. The number of rotatable bonds is 4. The van der Waals surface area contributed by atoms with Crippen molar-refractivity contribution in [1.82, 2.24) is 10.2 Å². The first-order valence-corrected chi connectivity index (χ1v) is 9.26. The third kappa shape index (κ3) is 5.19. The minimum absolute atomic E-state index is 0. The van der Waals surface area contributed by atoms with Gasteiger partial charge in [-0.25, -0.2) is 0 Å². The Labute approximate surface area is 162 Å². The number of carbonyl (C=O) groups excluding carboxylic acids is 1. The molecule has 2 aliphatic rings. The highest BCUT2D eigenvalue weighted by molar-refractivity contribution is 5.85. The van der Waals surface area contributed by atoms with Crippen LogP contribution < -0.4 is 5.32 Å². The summed E-state index contributed by atoms with van der Waals surface area (Å²) in [5.74, 6) is 0.0446. The van der Waals surface area contributed by atoms with E-state index in [9.17, 15) is 9.90 Å². The number of piperidine rings is 1. The Morgan fingerprint density at radius 2 is 1.88 bits per heavy atom. The van der Waals surface area contributed by atoms with E-state index in [4.69, 9.17) is 4.74 Å². The number of nitrogens with one attached hydrogen (secondary N) is 1. The van der Waals surface area contributed by atoms with Crippen LogP contribution in [0.3, 0.4) is 0 Å². The van der Waals surface area contributed by atoms with Gasteiger partial charge in [0.25, 0.3) is 0 Å². The summed E-state index contributed by atoms with van der Waals surface area (Å²) < 4.78 is 6.05. The third-order valence-corrected chi connectivity index (χ3v) is 5.57. The van der Waals surface area contributed by atoms with E-state index >= 15 is 0 Å². The molecule has 5 nitrogen and oxygen atoms in total. The van der Waals surface area contributed by atoms with E-state index in [2.05, 4.69) is 5.32 Å². The second-order valence-electron chi connectivity index (χ2n) is 7.84. The van der Waals surface area contributed by atoms with E-state index in [0.29, 0.717) is 32.4 Å². The normalized spacial score (nSPS) is 24.7. The van der Waals surface area contributed by atoms with Crippen molar-refractivity contribution in [1.29, 1.82) is 0 Å². The first kappa shape index (κ1) is 21.2. The number of benzene rings is 1. The minimum atomic E-state index is -0.854. The van der Waals surface area contributed by atoms with Gasteiger partial charge in [0.15, 0.2) is 0 Å². The second kappa shape index (κ2) is 8.70. The minimum Gasteiger partial charge on any atom is -0.388 e. The predicted octanol–water partition coefficient (Wildman–Crippen LogP) is 2.08. The van der Waals surface area contributed by atoms with Crippen molar-refractivity contribution in [3.05, 3.63) is 35.4 Å². The van der Waals surface area contributed by atoms with Gasteiger partial charge in [-0.2, -0.15) is 0 Å². The molecule has 1 spiro atoms. The number of carbonyl (C=O) groups is 1. The smallest absolute Gasteiger partial charge is 0.226 e. The van der Waals surface area contributed by atoms with Crippen LogP contribution in [0.4, 0.5) is 0 Å². The van der Waals surface area contributed by atoms with Crippen LogP contribution in [-0.4, -0.2) is 60.4 Å². The van der Waals surface area contributed by atoms with E-state index < -0.39 is 5.60 Å². The molecule has 2 fully saturated rings. The SMILES string of the molecule is Cc1ccc(CC(=O)N(C)CC2(O)CCOC3(CCNCC3)C2)cc1.Cl. The maximum absolute atomic E-state index is 12.6. The number of nitrogens with zero attached hydrogens (tertiary/aromatic N) is 1. The van der Waals surface area contributed by atoms with Crippen LogP contribution in [0.5, 0.6) is 0 Å².